The maximum atomic E-state index is 13.2. The lowest BCUT2D eigenvalue weighted by Crippen LogP contribution is -2.50. The van der Waals surface area contributed by atoms with Crippen molar-refractivity contribution in [1.82, 2.24) is 9.80 Å². The van der Waals surface area contributed by atoms with E-state index in [0.717, 1.165) is 4.90 Å². The summed E-state index contributed by atoms with van der Waals surface area (Å²) in [7, 11) is 3.09. The average molecular weight is 500 g/mol. The smallest absolute Gasteiger partial charge is 0.255 e. The zero-order valence-corrected chi connectivity index (χ0v) is 21.5. The van der Waals surface area contributed by atoms with E-state index in [1.165, 1.54) is 18.9 Å². The van der Waals surface area contributed by atoms with Crippen LogP contribution in [-0.4, -0.2) is 73.7 Å². The molecule has 1 aliphatic heterocycles. The van der Waals surface area contributed by atoms with Crippen LogP contribution in [0.2, 0.25) is 0 Å². The molecule has 8 nitrogen and oxygen atoms in total. The third-order valence-electron chi connectivity index (χ3n) is 5.65. The van der Waals surface area contributed by atoms with Gasteiger partial charge in [-0.05, 0) is 30.2 Å². The highest BCUT2D eigenvalue weighted by atomic mass is 32.2. The minimum atomic E-state index is -0.193. The molecule has 3 amide bonds. The zero-order valence-electron chi connectivity index (χ0n) is 20.7. The van der Waals surface area contributed by atoms with E-state index in [2.05, 4.69) is 5.32 Å². The molecule has 2 aromatic rings. The summed E-state index contributed by atoms with van der Waals surface area (Å²) < 4.78 is 10.5. The highest BCUT2D eigenvalue weighted by molar-refractivity contribution is 8.00. The lowest BCUT2D eigenvalue weighted by molar-refractivity contribution is -0.133. The molecule has 0 aliphatic carbocycles. The largest absolute Gasteiger partial charge is 0.493 e. The molecule has 0 atom stereocenters. The summed E-state index contributed by atoms with van der Waals surface area (Å²) in [5.74, 6) is 1.44. The number of nitrogens with zero attached hydrogens (tertiary/aromatic N) is 2. The molecule has 1 saturated heterocycles. The van der Waals surface area contributed by atoms with E-state index in [-0.39, 0.29) is 23.5 Å². The molecule has 0 bridgehead atoms. The number of thioether (sulfide) groups is 1. The topological polar surface area (TPSA) is 88.2 Å². The van der Waals surface area contributed by atoms with Crippen LogP contribution in [0.15, 0.2) is 47.4 Å². The first kappa shape index (κ1) is 26.4. The molecule has 1 heterocycles. The number of rotatable bonds is 9. The zero-order chi connectivity index (χ0) is 25.4. The van der Waals surface area contributed by atoms with Crippen molar-refractivity contribution in [2.45, 2.75) is 25.2 Å². The first-order valence-electron chi connectivity index (χ1n) is 11.6. The molecule has 0 saturated carbocycles. The van der Waals surface area contributed by atoms with E-state index in [0.29, 0.717) is 61.3 Å². The molecular weight excluding hydrogens is 466 g/mol. The van der Waals surface area contributed by atoms with Crippen LogP contribution < -0.4 is 14.8 Å². The third-order valence-corrected chi connectivity index (χ3v) is 6.72. The van der Waals surface area contributed by atoms with Gasteiger partial charge >= 0.3 is 0 Å². The summed E-state index contributed by atoms with van der Waals surface area (Å²) in [5.41, 5.74) is 1.17. The minimum absolute atomic E-state index is 0.0793. The fourth-order valence-corrected chi connectivity index (χ4v) is 4.68. The Morgan fingerprint density at radius 2 is 1.60 bits per heavy atom. The van der Waals surface area contributed by atoms with Gasteiger partial charge in [-0.2, -0.15) is 0 Å². The summed E-state index contributed by atoms with van der Waals surface area (Å²) in [6.45, 7) is 6.14. The van der Waals surface area contributed by atoms with Gasteiger partial charge in [0.1, 0.15) is 0 Å². The monoisotopic (exact) mass is 499 g/mol. The van der Waals surface area contributed by atoms with Gasteiger partial charge in [0.15, 0.2) is 11.5 Å². The highest BCUT2D eigenvalue weighted by Crippen LogP contribution is 2.30. The molecule has 188 valence electrons. The lowest BCUT2D eigenvalue weighted by atomic mass is 10.1. The van der Waals surface area contributed by atoms with E-state index in [1.54, 1.807) is 36.3 Å². The molecule has 0 radical (unpaired) electrons. The minimum Gasteiger partial charge on any atom is -0.493 e. The van der Waals surface area contributed by atoms with Crippen molar-refractivity contribution in [1.29, 1.82) is 0 Å². The fourth-order valence-electron chi connectivity index (χ4n) is 3.83. The van der Waals surface area contributed by atoms with Crippen molar-refractivity contribution in [3.05, 3.63) is 48.0 Å². The van der Waals surface area contributed by atoms with Crippen LogP contribution in [0.4, 0.5) is 5.69 Å². The van der Waals surface area contributed by atoms with Crippen molar-refractivity contribution in [3.8, 4) is 11.5 Å². The third kappa shape index (κ3) is 7.14. The van der Waals surface area contributed by atoms with E-state index in [4.69, 9.17) is 9.47 Å². The Hall–Kier alpha value is -3.20. The first-order valence-corrected chi connectivity index (χ1v) is 12.6. The molecule has 3 rings (SSSR count). The molecule has 1 fully saturated rings. The lowest BCUT2D eigenvalue weighted by Gasteiger charge is -2.35. The van der Waals surface area contributed by atoms with Gasteiger partial charge in [-0.15, -0.1) is 11.8 Å². The molecule has 0 unspecified atom stereocenters. The Morgan fingerprint density at radius 1 is 0.943 bits per heavy atom. The van der Waals surface area contributed by atoms with E-state index in [1.807, 2.05) is 36.9 Å². The predicted molar refractivity (Wildman–Crippen MR) is 137 cm³/mol. The number of hydrogen-bond acceptors (Lipinski definition) is 6. The van der Waals surface area contributed by atoms with Gasteiger partial charge in [0.05, 0.1) is 25.5 Å². The normalized spacial score (nSPS) is 13.5. The number of nitrogens with one attached hydrogen (secondary N) is 1. The van der Waals surface area contributed by atoms with Gasteiger partial charge in [-0.3, -0.25) is 14.4 Å². The first-order chi connectivity index (χ1) is 16.8. The standard InChI is InChI=1S/C26H33N3O5S/c1-18(2)15-25(31)28-11-13-29(14-12-28)26(32)20-7-5-6-8-23(20)35-17-24(30)27-19-9-10-21(33-3)22(16-19)34-4/h5-10,16,18H,11-15,17H2,1-4H3,(H,27,30). The van der Waals surface area contributed by atoms with Crippen molar-refractivity contribution in [2.75, 3.05) is 51.5 Å². The van der Waals surface area contributed by atoms with E-state index >= 15 is 0 Å². The van der Waals surface area contributed by atoms with Crippen molar-refractivity contribution in [3.63, 3.8) is 0 Å². The quantitative estimate of drug-likeness (QED) is 0.529. The molecule has 9 heteroatoms. The number of anilines is 1. The number of hydrogen-bond donors (Lipinski definition) is 1. The average Bonchev–Trinajstić information content (AvgIpc) is 2.86. The van der Waals surface area contributed by atoms with Crippen LogP contribution in [0.25, 0.3) is 0 Å². The SMILES string of the molecule is COc1ccc(NC(=O)CSc2ccccc2C(=O)N2CCN(C(=O)CC(C)C)CC2)cc1OC. The summed E-state index contributed by atoms with van der Waals surface area (Å²) in [4.78, 5) is 42.5. The summed E-state index contributed by atoms with van der Waals surface area (Å²) >= 11 is 1.32. The predicted octanol–water partition coefficient (Wildman–Crippen LogP) is 3.77. The van der Waals surface area contributed by atoms with Crippen LogP contribution in [0.1, 0.15) is 30.6 Å². The molecule has 0 spiro atoms. The van der Waals surface area contributed by atoms with Crippen LogP contribution in [0, 0.1) is 5.92 Å². The Kier molecular flexibility index (Phi) is 9.42. The summed E-state index contributed by atoms with van der Waals surface area (Å²) in [5, 5.41) is 2.85. The van der Waals surface area contributed by atoms with Gasteiger partial charge in [0, 0.05) is 49.2 Å². The van der Waals surface area contributed by atoms with Crippen LogP contribution in [0.3, 0.4) is 0 Å². The number of carbonyl (C=O) groups is 3. The molecule has 2 aromatic carbocycles. The second kappa shape index (κ2) is 12.5. The van der Waals surface area contributed by atoms with Gasteiger partial charge in [-0.1, -0.05) is 26.0 Å². The number of piperazine rings is 1. The van der Waals surface area contributed by atoms with Crippen LogP contribution in [-0.2, 0) is 9.59 Å². The second-order valence-corrected chi connectivity index (χ2v) is 9.69. The maximum absolute atomic E-state index is 13.2. The van der Waals surface area contributed by atoms with Gasteiger partial charge in [0.25, 0.3) is 5.91 Å². The molecular formula is C26H33N3O5S. The van der Waals surface area contributed by atoms with Crippen molar-refractivity contribution in [2.24, 2.45) is 5.92 Å². The number of benzene rings is 2. The summed E-state index contributed by atoms with van der Waals surface area (Å²) in [6.07, 6.45) is 0.527. The molecule has 1 N–H and O–H groups in total. The van der Waals surface area contributed by atoms with Crippen LogP contribution >= 0.6 is 11.8 Å². The number of amides is 3. The Bertz CT molecular complexity index is 1050. The van der Waals surface area contributed by atoms with E-state index < -0.39 is 0 Å². The number of ether oxygens (including phenoxy) is 2. The Balaban J connectivity index is 1.58. The number of carbonyl (C=O) groups excluding carboxylic acids is 3. The number of methoxy groups -OCH3 is 2. The highest BCUT2D eigenvalue weighted by Gasteiger charge is 2.26. The molecule has 1 aliphatic rings. The fraction of sp³-hybridized carbons (Fsp3) is 0.423. The van der Waals surface area contributed by atoms with Gasteiger partial charge in [0.2, 0.25) is 11.8 Å². The molecule has 35 heavy (non-hydrogen) atoms. The Labute approximate surface area is 210 Å². The second-order valence-electron chi connectivity index (χ2n) is 8.67. The van der Waals surface area contributed by atoms with Gasteiger partial charge in [-0.25, -0.2) is 0 Å². The Morgan fingerprint density at radius 3 is 2.26 bits per heavy atom. The van der Waals surface area contributed by atoms with Crippen molar-refractivity contribution >= 4 is 35.2 Å². The van der Waals surface area contributed by atoms with Crippen molar-refractivity contribution < 1.29 is 23.9 Å². The van der Waals surface area contributed by atoms with E-state index in [9.17, 15) is 14.4 Å². The van der Waals surface area contributed by atoms with Crippen LogP contribution in [0.5, 0.6) is 11.5 Å². The molecule has 0 aromatic heterocycles. The van der Waals surface area contributed by atoms with Gasteiger partial charge < -0.3 is 24.6 Å². The maximum Gasteiger partial charge on any atom is 0.255 e. The summed E-state index contributed by atoms with van der Waals surface area (Å²) in [6, 6.07) is 12.5.